The highest BCUT2D eigenvalue weighted by Gasteiger charge is 2.08. The first kappa shape index (κ1) is 8.51. The van der Waals surface area contributed by atoms with Crippen molar-refractivity contribution in [1.82, 2.24) is 4.98 Å². The molecule has 0 saturated heterocycles. The third-order valence-corrected chi connectivity index (χ3v) is 2.72. The van der Waals surface area contributed by atoms with Gasteiger partial charge >= 0.3 is 0 Å². The summed E-state index contributed by atoms with van der Waals surface area (Å²) in [6.45, 7) is 4.28. The van der Waals surface area contributed by atoms with Crippen LogP contribution in [-0.2, 0) is 0 Å². The third-order valence-electron chi connectivity index (χ3n) is 1.85. The van der Waals surface area contributed by atoms with Gasteiger partial charge in [-0.05, 0) is 18.1 Å². The van der Waals surface area contributed by atoms with Crippen molar-refractivity contribution in [2.24, 2.45) is 0 Å². The quantitative estimate of drug-likeness (QED) is 0.729. The first-order valence-electron chi connectivity index (χ1n) is 4.26. The average Bonchev–Trinajstić information content (AvgIpc) is 2.75. The molecule has 0 N–H and O–H groups in total. The van der Waals surface area contributed by atoms with Gasteiger partial charge in [0.15, 0.2) is 10.8 Å². The molecule has 0 unspecified atom stereocenters. The van der Waals surface area contributed by atoms with E-state index < -0.39 is 0 Å². The van der Waals surface area contributed by atoms with E-state index in [1.807, 2.05) is 12.1 Å². The molecule has 0 radical (unpaired) electrons. The minimum Gasteiger partial charge on any atom is -0.462 e. The Morgan fingerprint density at radius 3 is 2.85 bits per heavy atom. The van der Waals surface area contributed by atoms with Gasteiger partial charge in [-0.2, -0.15) is 0 Å². The summed E-state index contributed by atoms with van der Waals surface area (Å²) in [6, 6.07) is 3.81. The smallest absolute Gasteiger partial charge is 0.162 e. The van der Waals surface area contributed by atoms with Gasteiger partial charge in [-0.3, -0.25) is 0 Å². The van der Waals surface area contributed by atoms with Crippen molar-refractivity contribution in [2.45, 2.75) is 19.8 Å². The Balaban J connectivity index is 2.33. The number of aromatic nitrogens is 1. The highest BCUT2D eigenvalue weighted by atomic mass is 32.1. The molecule has 0 aliphatic heterocycles. The number of hydrogen-bond donors (Lipinski definition) is 0. The number of hydrogen-bond acceptors (Lipinski definition) is 3. The molecular weight excluding hydrogens is 182 g/mol. The molecule has 0 fully saturated rings. The maximum absolute atomic E-state index is 5.26. The van der Waals surface area contributed by atoms with Gasteiger partial charge in [-0.15, -0.1) is 11.3 Å². The Labute approximate surface area is 81.2 Å². The van der Waals surface area contributed by atoms with Crippen LogP contribution in [0, 0.1) is 0 Å². The number of rotatable bonds is 2. The highest BCUT2D eigenvalue weighted by Crippen LogP contribution is 2.26. The molecule has 2 nitrogen and oxygen atoms in total. The topological polar surface area (TPSA) is 26.0 Å². The molecule has 0 aromatic carbocycles. The molecule has 2 aromatic heterocycles. The fourth-order valence-electron chi connectivity index (χ4n) is 1.06. The summed E-state index contributed by atoms with van der Waals surface area (Å²) in [5.74, 6) is 1.34. The summed E-state index contributed by atoms with van der Waals surface area (Å²) in [5, 5.41) is 3.05. The highest BCUT2D eigenvalue weighted by molar-refractivity contribution is 7.13. The summed E-state index contributed by atoms with van der Waals surface area (Å²) in [4.78, 5) is 4.48. The molecule has 68 valence electrons. The van der Waals surface area contributed by atoms with Gasteiger partial charge in [0.05, 0.1) is 12.0 Å². The van der Waals surface area contributed by atoms with E-state index >= 15 is 0 Å². The van der Waals surface area contributed by atoms with Crippen LogP contribution in [0.15, 0.2) is 28.2 Å². The van der Waals surface area contributed by atoms with E-state index in [1.165, 1.54) is 0 Å². The molecule has 2 aromatic rings. The largest absolute Gasteiger partial charge is 0.462 e. The van der Waals surface area contributed by atoms with E-state index in [2.05, 4.69) is 24.2 Å². The normalized spacial score (nSPS) is 11.0. The lowest BCUT2D eigenvalue weighted by atomic mass is 10.2. The molecule has 3 heteroatoms. The minimum atomic E-state index is 0.486. The van der Waals surface area contributed by atoms with Crippen molar-refractivity contribution >= 4 is 11.3 Å². The van der Waals surface area contributed by atoms with Crippen LogP contribution in [0.2, 0.25) is 0 Å². The molecule has 0 atom stereocenters. The molecule has 13 heavy (non-hydrogen) atoms. The van der Waals surface area contributed by atoms with E-state index in [4.69, 9.17) is 4.42 Å². The molecule has 2 rings (SSSR count). The van der Waals surface area contributed by atoms with E-state index in [0.29, 0.717) is 5.92 Å². The molecule has 2 heterocycles. The molecular formula is C10H11NOS. The standard InChI is InChI=1S/C10H11NOS/c1-7(2)8-6-13-10(11-8)9-4-3-5-12-9/h3-7H,1-2H3. The zero-order chi connectivity index (χ0) is 9.26. The average molecular weight is 193 g/mol. The lowest BCUT2D eigenvalue weighted by molar-refractivity contribution is 0.581. The Morgan fingerprint density at radius 1 is 1.46 bits per heavy atom. The van der Waals surface area contributed by atoms with Crippen LogP contribution in [0.25, 0.3) is 10.8 Å². The van der Waals surface area contributed by atoms with Gasteiger partial charge in [-0.25, -0.2) is 4.98 Å². The molecule has 0 bridgehead atoms. The van der Waals surface area contributed by atoms with Crippen LogP contribution in [0.4, 0.5) is 0 Å². The second-order valence-corrected chi connectivity index (χ2v) is 4.07. The number of furan rings is 1. The second-order valence-electron chi connectivity index (χ2n) is 3.21. The molecule has 0 aliphatic carbocycles. The molecule has 0 spiro atoms. The first-order valence-corrected chi connectivity index (χ1v) is 5.14. The summed E-state index contributed by atoms with van der Waals surface area (Å²) in [7, 11) is 0. The maximum Gasteiger partial charge on any atom is 0.162 e. The van der Waals surface area contributed by atoms with Crippen LogP contribution in [0.3, 0.4) is 0 Å². The van der Waals surface area contributed by atoms with Gasteiger partial charge in [0.1, 0.15) is 0 Å². The zero-order valence-electron chi connectivity index (χ0n) is 7.65. The lowest BCUT2D eigenvalue weighted by Gasteiger charge is -1.95. The van der Waals surface area contributed by atoms with Gasteiger partial charge < -0.3 is 4.42 Å². The lowest BCUT2D eigenvalue weighted by Crippen LogP contribution is -1.85. The Hall–Kier alpha value is -1.09. The van der Waals surface area contributed by atoms with Crippen LogP contribution >= 0.6 is 11.3 Å². The van der Waals surface area contributed by atoms with Crippen molar-refractivity contribution in [3.8, 4) is 10.8 Å². The van der Waals surface area contributed by atoms with Crippen molar-refractivity contribution in [1.29, 1.82) is 0 Å². The van der Waals surface area contributed by atoms with Crippen LogP contribution in [0.5, 0.6) is 0 Å². The molecule has 0 aliphatic rings. The predicted octanol–water partition coefficient (Wildman–Crippen LogP) is 3.53. The first-order chi connectivity index (χ1) is 6.27. The van der Waals surface area contributed by atoms with Crippen molar-refractivity contribution in [3.63, 3.8) is 0 Å². The van der Waals surface area contributed by atoms with Crippen molar-refractivity contribution in [3.05, 3.63) is 29.5 Å². The summed E-state index contributed by atoms with van der Waals surface area (Å²) in [5.41, 5.74) is 1.14. The van der Waals surface area contributed by atoms with Gasteiger partial charge in [-0.1, -0.05) is 13.8 Å². The van der Waals surface area contributed by atoms with Crippen LogP contribution in [-0.4, -0.2) is 4.98 Å². The Morgan fingerprint density at radius 2 is 2.31 bits per heavy atom. The van der Waals surface area contributed by atoms with Crippen molar-refractivity contribution in [2.75, 3.05) is 0 Å². The van der Waals surface area contributed by atoms with E-state index in [-0.39, 0.29) is 0 Å². The van der Waals surface area contributed by atoms with Gasteiger partial charge in [0.25, 0.3) is 0 Å². The van der Waals surface area contributed by atoms with E-state index in [1.54, 1.807) is 17.6 Å². The maximum atomic E-state index is 5.26. The number of thiazole rings is 1. The number of nitrogens with zero attached hydrogens (tertiary/aromatic N) is 1. The van der Waals surface area contributed by atoms with Crippen LogP contribution < -0.4 is 0 Å². The van der Waals surface area contributed by atoms with Gasteiger partial charge in [0.2, 0.25) is 0 Å². The monoisotopic (exact) mass is 193 g/mol. The predicted molar refractivity (Wildman–Crippen MR) is 53.9 cm³/mol. The van der Waals surface area contributed by atoms with Crippen LogP contribution in [0.1, 0.15) is 25.5 Å². The van der Waals surface area contributed by atoms with Crippen molar-refractivity contribution < 1.29 is 4.42 Å². The second kappa shape index (κ2) is 3.34. The third kappa shape index (κ3) is 1.65. The molecule has 0 saturated carbocycles. The SMILES string of the molecule is CC(C)c1csc(-c2ccco2)n1. The fourth-order valence-corrected chi connectivity index (χ4v) is 2.01. The fraction of sp³-hybridized carbons (Fsp3) is 0.300. The summed E-state index contributed by atoms with van der Waals surface area (Å²) in [6.07, 6.45) is 1.67. The van der Waals surface area contributed by atoms with Gasteiger partial charge in [0, 0.05) is 5.38 Å². The van der Waals surface area contributed by atoms with E-state index in [0.717, 1.165) is 16.5 Å². The summed E-state index contributed by atoms with van der Waals surface area (Å²) >= 11 is 1.63. The zero-order valence-corrected chi connectivity index (χ0v) is 8.47. The summed E-state index contributed by atoms with van der Waals surface area (Å²) < 4.78 is 5.26. The Bertz CT molecular complexity index is 375. The Kier molecular flexibility index (Phi) is 2.19. The minimum absolute atomic E-state index is 0.486. The van der Waals surface area contributed by atoms with E-state index in [9.17, 15) is 0 Å². The molecule has 0 amide bonds.